The predicted molar refractivity (Wildman–Crippen MR) is 92.3 cm³/mol. The molecule has 0 heterocycles. The minimum absolute atomic E-state index is 0.0456. The minimum atomic E-state index is 0.0456. The topological polar surface area (TPSA) is 21.3 Å². The number of hydrogen-bond acceptors (Lipinski definition) is 2. The van der Waals surface area contributed by atoms with Gasteiger partial charge in [0.25, 0.3) is 0 Å². The standard InChI is InChI=1S/C17H19BrClNO/c1-17(2,3)20-11-12-10-13(18)8-9-15(12)21-16-7-5-4-6-14(16)19/h4-10,20H,11H2,1-3H3. The van der Waals surface area contributed by atoms with E-state index in [0.717, 1.165) is 22.3 Å². The Morgan fingerprint density at radius 1 is 1.10 bits per heavy atom. The minimum Gasteiger partial charge on any atom is -0.455 e. The molecule has 0 saturated carbocycles. The largest absolute Gasteiger partial charge is 0.455 e. The quantitative estimate of drug-likeness (QED) is 0.738. The van der Waals surface area contributed by atoms with Crippen LogP contribution < -0.4 is 10.1 Å². The van der Waals surface area contributed by atoms with E-state index in [1.165, 1.54) is 0 Å². The smallest absolute Gasteiger partial charge is 0.146 e. The van der Waals surface area contributed by atoms with Gasteiger partial charge in [0, 0.05) is 22.1 Å². The molecule has 0 aromatic heterocycles. The Kier molecular flexibility index (Phi) is 5.31. The van der Waals surface area contributed by atoms with Crippen LogP contribution in [0.2, 0.25) is 5.02 Å². The summed E-state index contributed by atoms with van der Waals surface area (Å²) in [5.74, 6) is 1.47. The zero-order valence-corrected chi connectivity index (χ0v) is 14.8. The Labute approximate surface area is 139 Å². The van der Waals surface area contributed by atoms with Crippen molar-refractivity contribution in [2.75, 3.05) is 0 Å². The fourth-order valence-electron chi connectivity index (χ4n) is 1.79. The zero-order valence-electron chi connectivity index (χ0n) is 12.4. The highest BCUT2D eigenvalue weighted by Crippen LogP contribution is 2.32. The molecule has 0 fully saturated rings. The third-order valence-electron chi connectivity index (χ3n) is 2.89. The van der Waals surface area contributed by atoms with Crippen molar-refractivity contribution in [1.29, 1.82) is 0 Å². The summed E-state index contributed by atoms with van der Waals surface area (Å²) >= 11 is 9.66. The van der Waals surface area contributed by atoms with Crippen LogP contribution in [0.15, 0.2) is 46.9 Å². The van der Waals surface area contributed by atoms with Gasteiger partial charge in [-0.05, 0) is 51.1 Å². The number of hydrogen-bond donors (Lipinski definition) is 1. The molecule has 21 heavy (non-hydrogen) atoms. The third kappa shape index (κ3) is 5.03. The van der Waals surface area contributed by atoms with Crippen molar-refractivity contribution in [2.24, 2.45) is 0 Å². The molecule has 0 spiro atoms. The molecular formula is C17H19BrClNO. The molecule has 1 N–H and O–H groups in total. The van der Waals surface area contributed by atoms with Crippen molar-refractivity contribution in [2.45, 2.75) is 32.9 Å². The molecule has 0 unspecified atom stereocenters. The third-order valence-corrected chi connectivity index (χ3v) is 3.69. The lowest BCUT2D eigenvalue weighted by atomic mass is 10.1. The lowest BCUT2D eigenvalue weighted by Crippen LogP contribution is -2.35. The molecule has 0 atom stereocenters. The second kappa shape index (κ2) is 6.82. The molecular weight excluding hydrogens is 350 g/mol. The summed E-state index contributed by atoms with van der Waals surface area (Å²) in [5, 5.41) is 4.08. The second-order valence-electron chi connectivity index (χ2n) is 5.89. The van der Waals surface area contributed by atoms with Gasteiger partial charge in [-0.2, -0.15) is 0 Å². The fraction of sp³-hybridized carbons (Fsp3) is 0.294. The molecule has 4 heteroatoms. The number of benzene rings is 2. The van der Waals surface area contributed by atoms with E-state index in [1.807, 2.05) is 36.4 Å². The monoisotopic (exact) mass is 367 g/mol. The first-order valence-corrected chi connectivity index (χ1v) is 7.98. The van der Waals surface area contributed by atoms with Crippen molar-refractivity contribution in [1.82, 2.24) is 5.32 Å². The van der Waals surface area contributed by atoms with E-state index >= 15 is 0 Å². The molecule has 2 aromatic rings. The van der Waals surface area contributed by atoms with Crippen molar-refractivity contribution in [3.63, 3.8) is 0 Å². The van der Waals surface area contributed by atoms with Crippen molar-refractivity contribution >= 4 is 27.5 Å². The Morgan fingerprint density at radius 3 is 2.48 bits per heavy atom. The van der Waals surface area contributed by atoms with Crippen LogP contribution in [0.3, 0.4) is 0 Å². The molecule has 0 saturated heterocycles. The SMILES string of the molecule is CC(C)(C)NCc1cc(Br)ccc1Oc1ccccc1Cl. The van der Waals surface area contributed by atoms with E-state index in [1.54, 1.807) is 0 Å². The number of para-hydroxylation sites is 1. The molecule has 0 aliphatic rings. The molecule has 0 bridgehead atoms. The van der Waals surface area contributed by atoms with Crippen LogP contribution in [0, 0.1) is 0 Å². The first kappa shape index (κ1) is 16.3. The maximum absolute atomic E-state index is 6.16. The maximum Gasteiger partial charge on any atom is 0.146 e. The summed E-state index contributed by atoms with van der Waals surface area (Å²) < 4.78 is 7.00. The highest BCUT2D eigenvalue weighted by molar-refractivity contribution is 9.10. The summed E-state index contributed by atoms with van der Waals surface area (Å²) in [4.78, 5) is 0. The van der Waals surface area contributed by atoms with Crippen LogP contribution in [0.25, 0.3) is 0 Å². The predicted octanol–water partition coefficient (Wildman–Crippen LogP) is 5.78. The van der Waals surface area contributed by atoms with Crippen molar-refractivity contribution < 1.29 is 4.74 Å². The second-order valence-corrected chi connectivity index (χ2v) is 7.21. The summed E-state index contributed by atoms with van der Waals surface area (Å²) in [6.07, 6.45) is 0. The number of rotatable bonds is 4. The Bertz CT molecular complexity index is 622. The van der Waals surface area contributed by atoms with E-state index in [0.29, 0.717) is 10.8 Å². The van der Waals surface area contributed by atoms with Gasteiger partial charge < -0.3 is 10.1 Å². The van der Waals surface area contributed by atoms with E-state index in [9.17, 15) is 0 Å². The van der Waals surface area contributed by atoms with Gasteiger partial charge in [-0.3, -0.25) is 0 Å². The zero-order chi connectivity index (χ0) is 15.5. The van der Waals surface area contributed by atoms with Gasteiger partial charge in [0.2, 0.25) is 0 Å². The molecule has 0 amide bonds. The lowest BCUT2D eigenvalue weighted by Gasteiger charge is -2.22. The fourth-order valence-corrected chi connectivity index (χ4v) is 2.37. The van der Waals surface area contributed by atoms with Gasteiger partial charge in [0.1, 0.15) is 11.5 Å². The summed E-state index contributed by atoms with van der Waals surface area (Å²) in [6, 6.07) is 13.5. The van der Waals surface area contributed by atoms with Crippen molar-refractivity contribution in [3.05, 3.63) is 57.5 Å². The summed E-state index contributed by atoms with van der Waals surface area (Å²) in [6.45, 7) is 7.14. The van der Waals surface area contributed by atoms with E-state index in [-0.39, 0.29) is 5.54 Å². The molecule has 112 valence electrons. The highest BCUT2D eigenvalue weighted by atomic mass is 79.9. The average molecular weight is 369 g/mol. The van der Waals surface area contributed by atoms with E-state index in [4.69, 9.17) is 16.3 Å². The van der Waals surface area contributed by atoms with Crippen LogP contribution in [0.1, 0.15) is 26.3 Å². The summed E-state index contributed by atoms with van der Waals surface area (Å²) in [5.41, 5.74) is 1.13. The molecule has 2 nitrogen and oxygen atoms in total. The van der Waals surface area contributed by atoms with Crippen LogP contribution in [0.4, 0.5) is 0 Å². The van der Waals surface area contributed by atoms with Gasteiger partial charge in [-0.25, -0.2) is 0 Å². The van der Waals surface area contributed by atoms with Gasteiger partial charge >= 0.3 is 0 Å². The van der Waals surface area contributed by atoms with E-state index < -0.39 is 0 Å². The van der Waals surface area contributed by atoms with Crippen LogP contribution >= 0.6 is 27.5 Å². The highest BCUT2D eigenvalue weighted by Gasteiger charge is 2.12. The Morgan fingerprint density at radius 2 is 1.81 bits per heavy atom. The molecule has 2 aromatic carbocycles. The maximum atomic E-state index is 6.16. The lowest BCUT2D eigenvalue weighted by molar-refractivity contribution is 0.414. The van der Waals surface area contributed by atoms with Gasteiger partial charge in [0.15, 0.2) is 0 Å². The molecule has 0 aliphatic heterocycles. The van der Waals surface area contributed by atoms with Crippen LogP contribution in [-0.4, -0.2) is 5.54 Å². The average Bonchev–Trinajstić information content (AvgIpc) is 2.40. The van der Waals surface area contributed by atoms with Gasteiger partial charge in [0.05, 0.1) is 5.02 Å². The van der Waals surface area contributed by atoms with Gasteiger partial charge in [-0.15, -0.1) is 0 Å². The Balaban J connectivity index is 2.25. The normalized spacial score (nSPS) is 11.5. The van der Waals surface area contributed by atoms with Crippen LogP contribution in [-0.2, 0) is 6.54 Å². The number of nitrogens with one attached hydrogen (secondary N) is 1. The first-order valence-electron chi connectivity index (χ1n) is 6.81. The molecule has 0 aliphatic carbocycles. The van der Waals surface area contributed by atoms with Crippen molar-refractivity contribution in [3.8, 4) is 11.5 Å². The molecule has 2 rings (SSSR count). The Hall–Kier alpha value is -1.03. The number of ether oxygens (including phenoxy) is 1. The van der Waals surface area contributed by atoms with E-state index in [2.05, 4.69) is 48.1 Å². The number of halogens is 2. The molecule has 0 radical (unpaired) electrons. The van der Waals surface area contributed by atoms with Crippen LogP contribution in [0.5, 0.6) is 11.5 Å². The van der Waals surface area contributed by atoms with Gasteiger partial charge in [-0.1, -0.05) is 39.7 Å². The summed E-state index contributed by atoms with van der Waals surface area (Å²) in [7, 11) is 0. The first-order chi connectivity index (χ1) is 9.85.